The topological polar surface area (TPSA) is 42.2 Å². The van der Waals surface area contributed by atoms with Crippen molar-refractivity contribution >= 4 is 11.5 Å². The van der Waals surface area contributed by atoms with E-state index in [1.54, 1.807) is 0 Å². The third-order valence-electron chi connectivity index (χ3n) is 3.25. The molecule has 2 N–H and O–H groups in total. The van der Waals surface area contributed by atoms with Gasteiger partial charge in [-0.15, -0.1) is 0 Å². The van der Waals surface area contributed by atoms with Gasteiger partial charge in [-0.2, -0.15) is 0 Å². The first-order chi connectivity index (χ1) is 9.11. The number of nitrogens with two attached hydrogens (primary N) is 1. The van der Waals surface area contributed by atoms with E-state index in [1.807, 2.05) is 13.2 Å². The minimum atomic E-state index is 0.661. The molecule has 0 unspecified atom stereocenters. The fraction of sp³-hybridized carbons (Fsp3) is 0.312. The summed E-state index contributed by atoms with van der Waals surface area (Å²) in [6, 6.07) is 10.6. The van der Waals surface area contributed by atoms with E-state index < -0.39 is 0 Å². The molecular formula is C16H21N3. The molecule has 2 aromatic rings. The Labute approximate surface area is 115 Å². The number of benzene rings is 1. The SMILES string of the molecule is Cc1cccc(N(C)c2ncc(CCN)cc2C)c1. The molecule has 1 aromatic carbocycles. The van der Waals surface area contributed by atoms with E-state index in [9.17, 15) is 0 Å². The monoisotopic (exact) mass is 255 g/mol. The summed E-state index contributed by atoms with van der Waals surface area (Å²) in [4.78, 5) is 6.69. The van der Waals surface area contributed by atoms with E-state index in [4.69, 9.17) is 5.73 Å². The second kappa shape index (κ2) is 5.85. The van der Waals surface area contributed by atoms with Crippen LogP contribution in [0, 0.1) is 13.8 Å². The van der Waals surface area contributed by atoms with Gasteiger partial charge < -0.3 is 10.6 Å². The van der Waals surface area contributed by atoms with Crippen molar-refractivity contribution in [1.82, 2.24) is 4.98 Å². The Balaban J connectivity index is 2.31. The first-order valence-electron chi connectivity index (χ1n) is 6.58. The van der Waals surface area contributed by atoms with Gasteiger partial charge in [-0.1, -0.05) is 18.2 Å². The number of aromatic nitrogens is 1. The van der Waals surface area contributed by atoms with E-state index >= 15 is 0 Å². The summed E-state index contributed by atoms with van der Waals surface area (Å²) in [5.41, 5.74) is 10.4. The number of rotatable bonds is 4. The minimum Gasteiger partial charge on any atom is -0.330 e. The molecule has 0 saturated carbocycles. The normalized spacial score (nSPS) is 10.5. The van der Waals surface area contributed by atoms with Crippen LogP contribution in [0.15, 0.2) is 36.5 Å². The molecule has 0 spiro atoms. The van der Waals surface area contributed by atoms with Gasteiger partial charge in [0.15, 0.2) is 0 Å². The standard InChI is InChI=1S/C16H21N3/c1-12-5-4-6-15(9-12)19(3)16-13(2)10-14(7-8-17)11-18-16/h4-6,9-11H,7-8,17H2,1-3H3. The Bertz CT molecular complexity index is 564. The van der Waals surface area contributed by atoms with Gasteiger partial charge in [0.25, 0.3) is 0 Å². The summed E-state index contributed by atoms with van der Waals surface area (Å²) in [6.45, 7) is 4.85. The van der Waals surface area contributed by atoms with Crippen LogP contribution in [0.5, 0.6) is 0 Å². The zero-order valence-corrected chi connectivity index (χ0v) is 11.9. The number of aryl methyl sites for hydroxylation is 2. The number of anilines is 2. The van der Waals surface area contributed by atoms with Crippen LogP contribution in [-0.4, -0.2) is 18.6 Å². The fourth-order valence-electron chi connectivity index (χ4n) is 2.24. The maximum absolute atomic E-state index is 5.58. The minimum absolute atomic E-state index is 0.661. The molecule has 0 bridgehead atoms. The molecule has 2 rings (SSSR count). The molecule has 3 nitrogen and oxygen atoms in total. The van der Waals surface area contributed by atoms with Crippen molar-refractivity contribution in [3.05, 3.63) is 53.2 Å². The molecule has 0 atom stereocenters. The summed E-state index contributed by atoms with van der Waals surface area (Å²) in [5.74, 6) is 0.992. The van der Waals surface area contributed by atoms with Crippen molar-refractivity contribution in [2.24, 2.45) is 5.73 Å². The van der Waals surface area contributed by atoms with Gasteiger partial charge in [0.1, 0.15) is 5.82 Å². The second-order valence-corrected chi connectivity index (χ2v) is 4.92. The molecule has 0 aliphatic carbocycles. The van der Waals surface area contributed by atoms with Crippen LogP contribution >= 0.6 is 0 Å². The highest BCUT2D eigenvalue weighted by atomic mass is 15.2. The van der Waals surface area contributed by atoms with Crippen LogP contribution in [0.25, 0.3) is 0 Å². The van der Waals surface area contributed by atoms with Crippen molar-refractivity contribution < 1.29 is 0 Å². The molecule has 0 fully saturated rings. The smallest absolute Gasteiger partial charge is 0.135 e. The van der Waals surface area contributed by atoms with Crippen LogP contribution in [0.3, 0.4) is 0 Å². The summed E-state index contributed by atoms with van der Waals surface area (Å²) < 4.78 is 0. The van der Waals surface area contributed by atoms with Crippen LogP contribution < -0.4 is 10.6 Å². The average Bonchev–Trinajstić information content (AvgIpc) is 2.38. The summed E-state index contributed by atoms with van der Waals surface area (Å²) >= 11 is 0. The molecule has 0 amide bonds. The fourth-order valence-corrected chi connectivity index (χ4v) is 2.24. The molecule has 100 valence electrons. The van der Waals surface area contributed by atoms with Gasteiger partial charge >= 0.3 is 0 Å². The van der Waals surface area contributed by atoms with Crippen LogP contribution in [-0.2, 0) is 6.42 Å². The zero-order valence-electron chi connectivity index (χ0n) is 11.9. The average molecular weight is 255 g/mol. The molecule has 1 aromatic heterocycles. The lowest BCUT2D eigenvalue weighted by atomic mass is 10.1. The maximum Gasteiger partial charge on any atom is 0.135 e. The second-order valence-electron chi connectivity index (χ2n) is 4.92. The highest BCUT2D eigenvalue weighted by Crippen LogP contribution is 2.25. The van der Waals surface area contributed by atoms with Gasteiger partial charge in [-0.05, 0) is 55.6 Å². The van der Waals surface area contributed by atoms with E-state index in [0.29, 0.717) is 6.54 Å². The van der Waals surface area contributed by atoms with Gasteiger partial charge in [-0.25, -0.2) is 4.98 Å². The molecule has 3 heteroatoms. The molecule has 0 aliphatic rings. The summed E-state index contributed by atoms with van der Waals surface area (Å²) in [5, 5.41) is 0. The Morgan fingerprint density at radius 1 is 1.21 bits per heavy atom. The molecule has 0 radical (unpaired) electrons. The quantitative estimate of drug-likeness (QED) is 0.913. The largest absolute Gasteiger partial charge is 0.330 e. The Morgan fingerprint density at radius 3 is 2.63 bits per heavy atom. The van der Waals surface area contributed by atoms with Crippen LogP contribution in [0.4, 0.5) is 11.5 Å². The Morgan fingerprint density at radius 2 is 2.00 bits per heavy atom. The lowest BCUT2D eigenvalue weighted by Crippen LogP contribution is -2.13. The predicted molar refractivity (Wildman–Crippen MR) is 81.0 cm³/mol. The molecule has 19 heavy (non-hydrogen) atoms. The molecular weight excluding hydrogens is 234 g/mol. The summed E-state index contributed by atoms with van der Waals surface area (Å²) in [7, 11) is 2.05. The predicted octanol–water partition coefficient (Wildman–Crippen LogP) is 2.97. The Hall–Kier alpha value is -1.87. The summed E-state index contributed by atoms with van der Waals surface area (Å²) in [6.07, 6.45) is 2.80. The van der Waals surface area contributed by atoms with E-state index in [0.717, 1.165) is 17.9 Å². The van der Waals surface area contributed by atoms with E-state index in [2.05, 4.69) is 54.1 Å². The first kappa shape index (κ1) is 13.6. The lowest BCUT2D eigenvalue weighted by molar-refractivity contribution is 0.950. The molecule has 0 saturated heterocycles. The molecule has 0 aliphatic heterocycles. The Kier molecular flexibility index (Phi) is 4.17. The van der Waals surface area contributed by atoms with Crippen molar-refractivity contribution in [2.75, 3.05) is 18.5 Å². The number of hydrogen-bond acceptors (Lipinski definition) is 3. The van der Waals surface area contributed by atoms with Gasteiger partial charge in [0, 0.05) is 18.9 Å². The highest BCUT2D eigenvalue weighted by Gasteiger charge is 2.09. The van der Waals surface area contributed by atoms with Gasteiger partial charge in [-0.3, -0.25) is 0 Å². The van der Waals surface area contributed by atoms with E-state index in [-0.39, 0.29) is 0 Å². The van der Waals surface area contributed by atoms with Crippen LogP contribution in [0.1, 0.15) is 16.7 Å². The van der Waals surface area contributed by atoms with Gasteiger partial charge in [0.2, 0.25) is 0 Å². The number of nitrogens with zero attached hydrogens (tertiary/aromatic N) is 2. The van der Waals surface area contributed by atoms with Crippen molar-refractivity contribution in [1.29, 1.82) is 0 Å². The van der Waals surface area contributed by atoms with Gasteiger partial charge in [0.05, 0.1) is 0 Å². The maximum atomic E-state index is 5.58. The first-order valence-corrected chi connectivity index (χ1v) is 6.58. The van der Waals surface area contributed by atoms with Crippen LogP contribution in [0.2, 0.25) is 0 Å². The number of pyridine rings is 1. The number of hydrogen-bond donors (Lipinski definition) is 1. The highest BCUT2D eigenvalue weighted by molar-refractivity contribution is 5.62. The van der Waals surface area contributed by atoms with Crippen molar-refractivity contribution in [2.45, 2.75) is 20.3 Å². The third kappa shape index (κ3) is 3.12. The van der Waals surface area contributed by atoms with Crippen molar-refractivity contribution in [3.63, 3.8) is 0 Å². The molecule has 1 heterocycles. The third-order valence-corrected chi connectivity index (χ3v) is 3.25. The van der Waals surface area contributed by atoms with E-state index in [1.165, 1.54) is 16.7 Å². The van der Waals surface area contributed by atoms with Crippen molar-refractivity contribution in [3.8, 4) is 0 Å². The zero-order chi connectivity index (χ0) is 13.8. The lowest BCUT2D eigenvalue weighted by Gasteiger charge is -2.21.